The topological polar surface area (TPSA) is 52.6 Å². The minimum absolute atomic E-state index is 0.0827. The molecule has 4 nitrogen and oxygen atoms in total. The highest BCUT2D eigenvalue weighted by atomic mass is 16.3. The lowest BCUT2D eigenvalue weighted by Crippen LogP contribution is -2.38. The number of amides is 1. The first kappa shape index (κ1) is 11.0. The Hall–Kier alpha value is -1.05. The van der Waals surface area contributed by atoms with Crippen LogP contribution in [0.2, 0.25) is 0 Å². The minimum Gasteiger partial charge on any atom is -0.389 e. The Morgan fingerprint density at radius 3 is 3.00 bits per heavy atom. The third-order valence-corrected chi connectivity index (χ3v) is 2.29. The molecular formula is C10H16N2O2. The number of terminal acetylenes is 1. The molecule has 0 aromatic carbocycles. The van der Waals surface area contributed by atoms with E-state index in [2.05, 4.69) is 11.2 Å². The molecule has 1 aliphatic rings. The summed E-state index contributed by atoms with van der Waals surface area (Å²) < 4.78 is 0. The molecule has 0 aliphatic carbocycles. The first-order valence-electron chi connectivity index (χ1n) is 4.68. The molecule has 14 heavy (non-hydrogen) atoms. The molecule has 0 radical (unpaired) electrons. The van der Waals surface area contributed by atoms with Crippen molar-refractivity contribution in [3.05, 3.63) is 0 Å². The zero-order valence-corrected chi connectivity index (χ0v) is 8.42. The van der Waals surface area contributed by atoms with E-state index in [4.69, 9.17) is 6.42 Å². The molecule has 2 N–H and O–H groups in total. The van der Waals surface area contributed by atoms with Gasteiger partial charge < -0.3 is 10.4 Å². The van der Waals surface area contributed by atoms with Crippen molar-refractivity contribution < 1.29 is 9.90 Å². The predicted octanol–water partition coefficient (Wildman–Crippen LogP) is -0.807. The van der Waals surface area contributed by atoms with Gasteiger partial charge in [-0.2, -0.15) is 0 Å². The van der Waals surface area contributed by atoms with Crippen molar-refractivity contribution in [2.75, 3.05) is 26.2 Å². The van der Waals surface area contributed by atoms with E-state index in [1.807, 2.05) is 4.90 Å². The van der Waals surface area contributed by atoms with Gasteiger partial charge in [0.05, 0.1) is 18.7 Å². The van der Waals surface area contributed by atoms with E-state index >= 15 is 0 Å². The summed E-state index contributed by atoms with van der Waals surface area (Å²) in [7, 11) is 0. The van der Waals surface area contributed by atoms with E-state index in [0.29, 0.717) is 13.1 Å². The number of carbonyl (C=O) groups is 1. The Balaban J connectivity index is 2.26. The maximum Gasteiger partial charge on any atom is 0.234 e. The Morgan fingerprint density at radius 2 is 2.50 bits per heavy atom. The highest BCUT2D eigenvalue weighted by Crippen LogP contribution is 2.19. The number of hydrogen-bond donors (Lipinski definition) is 2. The van der Waals surface area contributed by atoms with Gasteiger partial charge in [0.15, 0.2) is 0 Å². The average Bonchev–Trinajstić information content (AvgIpc) is 2.42. The van der Waals surface area contributed by atoms with Gasteiger partial charge in [-0.25, -0.2) is 0 Å². The van der Waals surface area contributed by atoms with Crippen molar-refractivity contribution in [3.63, 3.8) is 0 Å². The number of nitrogens with zero attached hydrogens (tertiary/aromatic N) is 1. The number of carbonyl (C=O) groups excluding carboxylic acids is 1. The van der Waals surface area contributed by atoms with E-state index < -0.39 is 5.60 Å². The fourth-order valence-corrected chi connectivity index (χ4v) is 1.58. The molecule has 1 fully saturated rings. The maximum absolute atomic E-state index is 11.2. The zero-order chi connectivity index (χ0) is 10.6. The molecule has 1 rings (SSSR count). The number of β-amino-alcohol motifs (C(OH)–C–C–N with tert-alkyl or cyclic N) is 1. The highest BCUT2D eigenvalue weighted by Gasteiger charge is 2.31. The molecule has 1 heterocycles. The number of hydrogen-bond acceptors (Lipinski definition) is 3. The van der Waals surface area contributed by atoms with Crippen LogP contribution in [0.5, 0.6) is 0 Å². The van der Waals surface area contributed by atoms with Crippen LogP contribution in [0.4, 0.5) is 0 Å². The van der Waals surface area contributed by atoms with Crippen molar-refractivity contribution in [1.29, 1.82) is 0 Å². The highest BCUT2D eigenvalue weighted by molar-refractivity contribution is 5.78. The Kier molecular flexibility index (Phi) is 3.50. The Bertz CT molecular complexity index is 255. The maximum atomic E-state index is 11.2. The van der Waals surface area contributed by atoms with Gasteiger partial charge in [-0.05, 0) is 13.3 Å². The molecule has 0 saturated carbocycles. The smallest absolute Gasteiger partial charge is 0.234 e. The summed E-state index contributed by atoms with van der Waals surface area (Å²) in [6.07, 6.45) is 5.73. The van der Waals surface area contributed by atoms with Gasteiger partial charge in [0, 0.05) is 13.1 Å². The van der Waals surface area contributed by atoms with Gasteiger partial charge in [-0.1, -0.05) is 5.92 Å². The van der Waals surface area contributed by atoms with Crippen LogP contribution in [0.15, 0.2) is 0 Å². The van der Waals surface area contributed by atoms with E-state index in [-0.39, 0.29) is 12.5 Å². The quantitative estimate of drug-likeness (QED) is 0.581. The molecule has 0 aromatic rings. The van der Waals surface area contributed by atoms with Crippen LogP contribution in [-0.2, 0) is 4.79 Å². The van der Waals surface area contributed by atoms with Crippen LogP contribution in [0, 0.1) is 12.3 Å². The van der Waals surface area contributed by atoms with Crippen LogP contribution >= 0.6 is 0 Å². The number of likely N-dealkylation sites (tertiary alicyclic amines) is 1. The van der Waals surface area contributed by atoms with Gasteiger partial charge in [0.25, 0.3) is 0 Å². The largest absolute Gasteiger partial charge is 0.389 e. The standard InChI is InChI=1S/C10H16N2O2/c1-3-5-11-9(13)7-12-6-4-10(2,14)8-12/h1,14H,4-8H2,2H3,(H,11,13). The van der Waals surface area contributed by atoms with E-state index in [1.54, 1.807) is 6.92 Å². The summed E-state index contributed by atoms with van der Waals surface area (Å²) >= 11 is 0. The van der Waals surface area contributed by atoms with Crippen LogP contribution < -0.4 is 5.32 Å². The fourth-order valence-electron chi connectivity index (χ4n) is 1.58. The van der Waals surface area contributed by atoms with Gasteiger partial charge in [0.2, 0.25) is 5.91 Å². The third kappa shape index (κ3) is 3.36. The molecule has 1 saturated heterocycles. The first-order chi connectivity index (χ1) is 6.53. The predicted molar refractivity (Wildman–Crippen MR) is 53.5 cm³/mol. The van der Waals surface area contributed by atoms with Crippen LogP contribution in [-0.4, -0.2) is 47.7 Å². The monoisotopic (exact) mass is 196 g/mol. The molecule has 1 atom stereocenters. The third-order valence-electron chi connectivity index (χ3n) is 2.29. The van der Waals surface area contributed by atoms with Crippen molar-refractivity contribution >= 4 is 5.91 Å². The molecule has 1 unspecified atom stereocenters. The van der Waals surface area contributed by atoms with Gasteiger partial charge in [-0.15, -0.1) is 6.42 Å². The summed E-state index contributed by atoms with van der Waals surface area (Å²) in [6.45, 7) is 3.68. The average molecular weight is 196 g/mol. The summed E-state index contributed by atoms with van der Waals surface area (Å²) in [5.74, 6) is 2.26. The number of aliphatic hydroxyl groups is 1. The molecule has 4 heteroatoms. The molecule has 1 amide bonds. The summed E-state index contributed by atoms with van der Waals surface area (Å²) in [5, 5.41) is 12.2. The summed E-state index contributed by atoms with van der Waals surface area (Å²) in [5.41, 5.74) is -0.646. The molecule has 78 valence electrons. The SMILES string of the molecule is C#CCNC(=O)CN1CCC(C)(O)C1. The van der Waals surface area contributed by atoms with Crippen molar-refractivity contribution in [2.45, 2.75) is 18.9 Å². The van der Waals surface area contributed by atoms with Gasteiger partial charge in [-0.3, -0.25) is 9.69 Å². The van der Waals surface area contributed by atoms with Crippen LogP contribution in [0.3, 0.4) is 0 Å². The van der Waals surface area contributed by atoms with E-state index in [9.17, 15) is 9.90 Å². The van der Waals surface area contributed by atoms with Crippen molar-refractivity contribution in [2.24, 2.45) is 0 Å². The lowest BCUT2D eigenvalue weighted by molar-refractivity contribution is -0.121. The van der Waals surface area contributed by atoms with Gasteiger partial charge >= 0.3 is 0 Å². The Labute approximate surface area is 84.3 Å². The lowest BCUT2D eigenvalue weighted by Gasteiger charge is -2.17. The van der Waals surface area contributed by atoms with Crippen LogP contribution in [0.1, 0.15) is 13.3 Å². The fraction of sp³-hybridized carbons (Fsp3) is 0.700. The minimum atomic E-state index is -0.646. The van der Waals surface area contributed by atoms with Crippen molar-refractivity contribution in [3.8, 4) is 12.3 Å². The number of rotatable bonds is 3. The first-order valence-corrected chi connectivity index (χ1v) is 4.68. The lowest BCUT2D eigenvalue weighted by atomic mass is 10.1. The molecule has 0 bridgehead atoms. The molecular weight excluding hydrogens is 180 g/mol. The normalized spacial score (nSPS) is 27.2. The number of nitrogens with one attached hydrogen (secondary N) is 1. The summed E-state index contributed by atoms with van der Waals surface area (Å²) in [4.78, 5) is 13.2. The van der Waals surface area contributed by atoms with Crippen molar-refractivity contribution in [1.82, 2.24) is 10.2 Å². The summed E-state index contributed by atoms with van der Waals surface area (Å²) in [6, 6.07) is 0. The molecule has 0 spiro atoms. The molecule has 0 aromatic heterocycles. The van der Waals surface area contributed by atoms with Gasteiger partial charge in [0.1, 0.15) is 0 Å². The Morgan fingerprint density at radius 1 is 1.79 bits per heavy atom. The second-order valence-corrected chi connectivity index (χ2v) is 3.94. The second kappa shape index (κ2) is 4.45. The van der Waals surface area contributed by atoms with Crippen LogP contribution in [0.25, 0.3) is 0 Å². The molecule has 1 aliphatic heterocycles. The second-order valence-electron chi connectivity index (χ2n) is 3.94. The van der Waals surface area contributed by atoms with E-state index in [0.717, 1.165) is 13.0 Å². The zero-order valence-electron chi connectivity index (χ0n) is 8.42. The van der Waals surface area contributed by atoms with E-state index in [1.165, 1.54) is 0 Å².